The van der Waals surface area contributed by atoms with Crippen LogP contribution < -0.4 is 5.14 Å². The average molecular weight is 283 g/mol. The van der Waals surface area contributed by atoms with Crippen molar-refractivity contribution in [2.45, 2.75) is 4.21 Å². The highest BCUT2D eigenvalue weighted by molar-refractivity contribution is 7.91. The number of thiophene rings is 1. The Morgan fingerprint density at radius 2 is 1.94 bits per heavy atom. The van der Waals surface area contributed by atoms with Gasteiger partial charge in [-0.1, -0.05) is 12.1 Å². The molecule has 1 aromatic heterocycles. The van der Waals surface area contributed by atoms with Crippen LogP contribution in [0.2, 0.25) is 0 Å². The normalized spacial score (nSPS) is 11.4. The summed E-state index contributed by atoms with van der Waals surface area (Å²) >= 11 is 0.804. The first-order valence-electron chi connectivity index (χ1n) is 4.84. The summed E-state index contributed by atoms with van der Waals surface area (Å²) in [5.41, 5.74) is 0.290. The van der Waals surface area contributed by atoms with Crippen molar-refractivity contribution in [3.63, 3.8) is 0 Å². The molecule has 0 radical (unpaired) electrons. The van der Waals surface area contributed by atoms with Crippen LogP contribution in [0.1, 0.15) is 15.2 Å². The standard InChI is InChI=1S/C11H9NO4S2/c12-18(15,16)10-5-4-9(17-10)11(14)7-2-1-3-8(13)6-7/h1-6,13H,(H2,12,15,16). The Labute approximate surface area is 108 Å². The third-order valence-electron chi connectivity index (χ3n) is 2.19. The van der Waals surface area contributed by atoms with Crippen molar-refractivity contribution in [3.8, 4) is 5.75 Å². The van der Waals surface area contributed by atoms with Gasteiger partial charge in [0.1, 0.15) is 9.96 Å². The molecule has 0 saturated carbocycles. The Balaban J connectivity index is 2.38. The fraction of sp³-hybridized carbons (Fsp3) is 0. The van der Waals surface area contributed by atoms with Crippen LogP contribution in [-0.2, 0) is 10.0 Å². The number of aromatic hydroxyl groups is 1. The van der Waals surface area contributed by atoms with Gasteiger partial charge in [0.2, 0.25) is 15.8 Å². The fourth-order valence-electron chi connectivity index (χ4n) is 1.38. The van der Waals surface area contributed by atoms with Crippen molar-refractivity contribution in [1.82, 2.24) is 0 Å². The van der Waals surface area contributed by atoms with Gasteiger partial charge >= 0.3 is 0 Å². The van der Waals surface area contributed by atoms with Gasteiger partial charge in [-0.3, -0.25) is 4.79 Å². The zero-order valence-electron chi connectivity index (χ0n) is 9.03. The molecule has 2 rings (SSSR count). The quantitative estimate of drug-likeness (QED) is 0.830. The van der Waals surface area contributed by atoms with Crippen LogP contribution in [0.5, 0.6) is 5.75 Å². The second kappa shape index (κ2) is 4.52. The van der Waals surface area contributed by atoms with Gasteiger partial charge in [-0.05, 0) is 24.3 Å². The molecule has 0 aliphatic heterocycles. The summed E-state index contributed by atoms with van der Waals surface area (Å²) in [5.74, 6) is -0.380. The van der Waals surface area contributed by atoms with Crippen molar-refractivity contribution in [3.05, 3.63) is 46.8 Å². The van der Waals surface area contributed by atoms with E-state index in [1.807, 2.05) is 0 Å². The van der Waals surface area contributed by atoms with Gasteiger partial charge in [0.25, 0.3) is 0 Å². The molecular formula is C11H9NO4S2. The molecule has 1 heterocycles. The number of benzene rings is 1. The number of carbonyl (C=O) groups is 1. The lowest BCUT2D eigenvalue weighted by molar-refractivity contribution is 0.104. The van der Waals surface area contributed by atoms with Crippen LogP contribution in [0.25, 0.3) is 0 Å². The van der Waals surface area contributed by atoms with E-state index in [0.29, 0.717) is 0 Å². The summed E-state index contributed by atoms with van der Waals surface area (Å²) in [4.78, 5) is 12.3. The number of sulfonamides is 1. The number of nitrogens with two attached hydrogens (primary N) is 1. The van der Waals surface area contributed by atoms with E-state index in [4.69, 9.17) is 5.14 Å². The number of phenolic OH excluding ortho intramolecular Hbond substituents is 1. The monoisotopic (exact) mass is 283 g/mol. The Kier molecular flexibility index (Phi) is 3.20. The van der Waals surface area contributed by atoms with Gasteiger partial charge in [0.15, 0.2) is 0 Å². The number of primary sulfonamides is 1. The van der Waals surface area contributed by atoms with Crippen LogP contribution >= 0.6 is 11.3 Å². The number of hydrogen-bond donors (Lipinski definition) is 2. The Morgan fingerprint density at radius 1 is 1.22 bits per heavy atom. The topological polar surface area (TPSA) is 97.5 Å². The predicted octanol–water partition coefficient (Wildman–Crippen LogP) is 1.33. The molecule has 0 unspecified atom stereocenters. The Morgan fingerprint density at radius 3 is 2.50 bits per heavy atom. The largest absolute Gasteiger partial charge is 0.508 e. The molecule has 18 heavy (non-hydrogen) atoms. The maximum absolute atomic E-state index is 12.0. The minimum atomic E-state index is -3.79. The van der Waals surface area contributed by atoms with E-state index in [1.54, 1.807) is 6.07 Å². The summed E-state index contributed by atoms with van der Waals surface area (Å²) in [7, 11) is -3.79. The molecule has 0 spiro atoms. The van der Waals surface area contributed by atoms with Gasteiger partial charge in [-0.2, -0.15) is 0 Å². The minimum absolute atomic E-state index is 0.0240. The van der Waals surface area contributed by atoms with E-state index in [-0.39, 0.29) is 26.2 Å². The smallest absolute Gasteiger partial charge is 0.247 e. The maximum Gasteiger partial charge on any atom is 0.247 e. The molecule has 0 aliphatic rings. The van der Waals surface area contributed by atoms with E-state index < -0.39 is 10.0 Å². The maximum atomic E-state index is 12.0. The molecule has 5 nitrogen and oxygen atoms in total. The molecular weight excluding hydrogens is 274 g/mol. The van der Waals surface area contributed by atoms with E-state index >= 15 is 0 Å². The van der Waals surface area contributed by atoms with Gasteiger partial charge in [0.05, 0.1) is 4.88 Å². The number of ketones is 1. The van der Waals surface area contributed by atoms with Crippen molar-refractivity contribution in [2.24, 2.45) is 5.14 Å². The van der Waals surface area contributed by atoms with E-state index in [0.717, 1.165) is 11.3 Å². The van der Waals surface area contributed by atoms with Crippen LogP contribution in [0.3, 0.4) is 0 Å². The number of rotatable bonds is 3. The highest BCUT2D eigenvalue weighted by Crippen LogP contribution is 2.24. The second-order valence-corrected chi connectivity index (χ2v) is 6.42. The minimum Gasteiger partial charge on any atom is -0.508 e. The van der Waals surface area contributed by atoms with Crippen molar-refractivity contribution >= 4 is 27.1 Å². The summed E-state index contributed by atoms with van der Waals surface area (Å²) in [5, 5.41) is 14.2. The van der Waals surface area contributed by atoms with Crippen LogP contribution in [0.15, 0.2) is 40.6 Å². The molecule has 0 bridgehead atoms. The summed E-state index contributed by atoms with van der Waals surface area (Å²) < 4.78 is 22.1. The highest BCUT2D eigenvalue weighted by Gasteiger charge is 2.16. The van der Waals surface area contributed by atoms with Crippen LogP contribution in [0, 0.1) is 0 Å². The van der Waals surface area contributed by atoms with Gasteiger partial charge in [0, 0.05) is 5.56 Å². The molecule has 0 saturated heterocycles. The van der Waals surface area contributed by atoms with Gasteiger partial charge in [-0.25, -0.2) is 13.6 Å². The molecule has 0 aliphatic carbocycles. The predicted molar refractivity (Wildman–Crippen MR) is 67.2 cm³/mol. The lowest BCUT2D eigenvalue weighted by atomic mass is 10.1. The van der Waals surface area contributed by atoms with Crippen molar-refractivity contribution < 1.29 is 18.3 Å². The molecule has 0 fully saturated rings. The van der Waals surface area contributed by atoms with Crippen LogP contribution in [0.4, 0.5) is 0 Å². The third kappa shape index (κ3) is 2.58. The lowest BCUT2D eigenvalue weighted by Gasteiger charge is -1.98. The van der Waals surface area contributed by atoms with E-state index in [1.165, 1.54) is 30.3 Å². The first-order valence-corrected chi connectivity index (χ1v) is 7.20. The average Bonchev–Trinajstić information content (AvgIpc) is 2.77. The summed E-state index contributed by atoms with van der Waals surface area (Å²) in [6.45, 7) is 0. The van der Waals surface area contributed by atoms with Crippen molar-refractivity contribution in [2.75, 3.05) is 0 Å². The molecule has 0 atom stereocenters. The van der Waals surface area contributed by atoms with E-state index in [2.05, 4.69) is 0 Å². The summed E-state index contributed by atoms with van der Waals surface area (Å²) in [6, 6.07) is 8.53. The summed E-state index contributed by atoms with van der Waals surface area (Å²) in [6.07, 6.45) is 0. The zero-order valence-corrected chi connectivity index (χ0v) is 10.7. The van der Waals surface area contributed by atoms with Gasteiger partial charge < -0.3 is 5.11 Å². The first kappa shape index (κ1) is 12.7. The molecule has 0 amide bonds. The Hall–Kier alpha value is -1.70. The first-order chi connectivity index (χ1) is 8.38. The molecule has 94 valence electrons. The molecule has 7 heteroatoms. The second-order valence-electron chi connectivity index (χ2n) is 3.54. The molecule has 2 aromatic rings. The number of hydrogen-bond acceptors (Lipinski definition) is 5. The molecule has 3 N–H and O–H groups in total. The number of carbonyl (C=O) groups excluding carboxylic acids is 1. The third-order valence-corrected chi connectivity index (χ3v) is 4.72. The molecule has 1 aromatic carbocycles. The zero-order chi connectivity index (χ0) is 13.3. The SMILES string of the molecule is NS(=O)(=O)c1ccc(C(=O)c2cccc(O)c2)s1. The lowest BCUT2D eigenvalue weighted by Crippen LogP contribution is -2.09. The van der Waals surface area contributed by atoms with Gasteiger partial charge in [-0.15, -0.1) is 11.3 Å². The van der Waals surface area contributed by atoms with Crippen molar-refractivity contribution in [1.29, 1.82) is 0 Å². The number of phenols is 1. The fourth-order valence-corrected chi connectivity index (χ4v) is 3.08. The van der Waals surface area contributed by atoms with E-state index in [9.17, 15) is 18.3 Å². The van der Waals surface area contributed by atoms with Crippen LogP contribution in [-0.4, -0.2) is 19.3 Å². The Bertz CT molecular complexity index is 703. The highest BCUT2D eigenvalue weighted by atomic mass is 32.2.